The minimum Gasteiger partial charge on any atom is -0.483 e. The second kappa shape index (κ2) is 8.33. The number of ether oxygens (including phenoxy) is 1. The fourth-order valence-corrected chi connectivity index (χ4v) is 2.39. The van der Waals surface area contributed by atoms with E-state index in [9.17, 15) is 14.7 Å². The highest BCUT2D eigenvalue weighted by Gasteiger charge is 2.20. The lowest BCUT2D eigenvalue weighted by atomic mass is 10.1. The fraction of sp³-hybridized carbons (Fsp3) is 0.176. The molecule has 0 saturated heterocycles. The van der Waals surface area contributed by atoms with Crippen molar-refractivity contribution < 1.29 is 19.4 Å². The summed E-state index contributed by atoms with van der Waals surface area (Å²) in [6.07, 6.45) is 0.219. The summed E-state index contributed by atoms with van der Waals surface area (Å²) in [6, 6.07) is 15.3. The Labute approximate surface area is 142 Å². The molecule has 0 spiro atoms. The molecule has 0 aliphatic rings. The van der Waals surface area contributed by atoms with Crippen molar-refractivity contribution >= 4 is 27.8 Å². The van der Waals surface area contributed by atoms with E-state index >= 15 is 0 Å². The van der Waals surface area contributed by atoms with Crippen molar-refractivity contribution in [2.75, 3.05) is 6.61 Å². The van der Waals surface area contributed by atoms with Crippen LogP contribution in [-0.4, -0.2) is 29.6 Å². The summed E-state index contributed by atoms with van der Waals surface area (Å²) in [5.74, 6) is -1.04. The highest BCUT2D eigenvalue weighted by molar-refractivity contribution is 9.10. The van der Waals surface area contributed by atoms with Gasteiger partial charge in [0.2, 0.25) is 0 Å². The average molecular weight is 378 g/mol. The third-order valence-corrected chi connectivity index (χ3v) is 3.77. The predicted molar refractivity (Wildman–Crippen MR) is 89.3 cm³/mol. The molecule has 6 heteroatoms. The van der Waals surface area contributed by atoms with Crippen LogP contribution >= 0.6 is 15.9 Å². The molecule has 0 radical (unpaired) electrons. The molecule has 2 aromatic carbocycles. The third kappa shape index (κ3) is 5.41. The number of hydrogen-bond donors (Lipinski definition) is 2. The summed E-state index contributed by atoms with van der Waals surface area (Å²) in [5, 5.41) is 11.7. The average Bonchev–Trinajstić information content (AvgIpc) is 2.54. The normalized spacial score (nSPS) is 11.5. The molecule has 1 atom stereocenters. The van der Waals surface area contributed by atoms with Gasteiger partial charge < -0.3 is 15.2 Å². The van der Waals surface area contributed by atoms with Gasteiger partial charge in [0.15, 0.2) is 6.61 Å². The molecular formula is C17H16BrNO4. The van der Waals surface area contributed by atoms with Crippen LogP contribution in [0.1, 0.15) is 5.56 Å². The number of benzene rings is 2. The Morgan fingerprint density at radius 3 is 2.39 bits per heavy atom. The predicted octanol–water partition coefficient (Wildman–Crippen LogP) is 2.64. The second-order valence-electron chi connectivity index (χ2n) is 4.87. The van der Waals surface area contributed by atoms with Crippen molar-refractivity contribution in [3.05, 3.63) is 64.6 Å². The van der Waals surface area contributed by atoms with Crippen LogP contribution < -0.4 is 10.1 Å². The maximum atomic E-state index is 11.9. The van der Waals surface area contributed by atoms with Gasteiger partial charge in [0.1, 0.15) is 11.8 Å². The van der Waals surface area contributed by atoms with Crippen molar-refractivity contribution in [3.8, 4) is 5.75 Å². The van der Waals surface area contributed by atoms with Crippen LogP contribution in [0.4, 0.5) is 0 Å². The van der Waals surface area contributed by atoms with E-state index in [0.717, 1.165) is 10.0 Å². The zero-order valence-corrected chi connectivity index (χ0v) is 13.8. The first kappa shape index (κ1) is 17.0. The number of carbonyl (C=O) groups excluding carboxylic acids is 1. The van der Waals surface area contributed by atoms with Crippen LogP contribution in [0, 0.1) is 0 Å². The molecule has 120 valence electrons. The number of carboxylic acid groups (broad SMARTS) is 1. The monoisotopic (exact) mass is 377 g/mol. The number of nitrogens with one attached hydrogen (secondary N) is 1. The highest BCUT2D eigenvalue weighted by atomic mass is 79.9. The lowest BCUT2D eigenvalue weighted by Crippen LogP contribution is -2.44. The van der Waals surface area contributed by atoms with Gasteiger partial charge >= 0.3 is 5.97 Å². The number of para-hydroxylation sites is 1. The summed E-state index contributed by atoms with van der Waals surface area (Å²) in [4.78, 5) is 23.2. The fourth-order valence-electron chi connectivity index (χ4n) is 1.99. The van der Waals surface area contributed by atoms with Gasteiger partial charge in [-0.15, -0.1) is 0 Å². The second-order valence-corrected chi connectivity index (χ2v) is 5.72. The van der Waals surface area contributed by atoms with E-state index in [1.54, 1.807) is 18.2 Å². The van der Waals surface area contributed by atoms with Crippen LogP contribution in [0.5, 0.6) is 5.75 Å². The molecule has 23 heavy (non-hydrogen) atoms. The van der Waals surface area contributed by atoms with Crippen molar-refractivity contribution in [1.29, 1.82) is 0 Å². The minimum atomic E-state index is -1.08. The smallest absolute Gasteiger partial charge is 0.326 e. The first-order chi connectivity index (χ1) is 11.1. The molecule has 0 heterocycles. The first-order valence-corrected chi connectivity index (χ1v) is 7.79. The van der Waals surface area contributed by atoms with Crippen molar-refractivity contribution in [3.63, 3.8) is 0 Å². The molecule has 0 aliphatic carbocycles. The molecule has 0 bridgehead atoms. The van der Waals surface area contributed by atoms with Gasteiger partial charge in [0.05, 0.1) is 4.47 Å². The third-order valence-electron chi connectivity index (χ3n) is 3.11. The Balaban J connectivity index is 1.91. The van der Waals surface area contributed by atoms with E-state index in [1.807, 2.05) is 36.4 Å². The Bertz CT molecular complexity index is 675. The number of halogens is 1. The van der Waals surface area contributed by atoms with Crippen molar-refractivity contribution in [2.45, 2.75) is 12.5 Å². The molecule has 5 nitrogen and oxygen atoms in total. The lowest BCUT2D eigenvalue weighted by molar-refractivity contribution is -0.142. The maximum Gasteiger partial charge on any atom is 0.326 e. The van der Waals surface area contributed by atoms with Crippen molar-refractivity contribution in [1.82, 2.24) is 5.32 Å². The topological polar surface area (TPSA) is 75.6 Å². The summed E-state index contributed by atoms with van der Waals surface area (Å²) in [7, 11) is 0. The van der Waals surface area contributed by atoms with E-state index in [4.69, 9.17) is 4.74 Å². The van der Waals surface area contributed by atoms with Gasteiger partial charge in [-0.05, 0) is 33.6 Å². The molecule has 2 N–H and O–H groups in total. The van der Waals surface area contributed by atoms with E-state index in [-0.39, 0.29) is 13.0 Å². The highest BCUT2D eigenvalue weighted by Crippen LogP contribution is 2.23. The van der Waals surface area contributed by atoms with E-state index < -0.39 is 17.9 Å². The number of rotatable bonds is 7. The lowest BCUT2D eigenvalue weighted by Gasteiger charge is -2.15. The summed E-state index contributed by atoms with van der Waals surface area (Å²) in [6.45, 7) is -0.249. The van der Waals surface area contributed by atoms with Gasteiger partial charge in [-0.25, -0.2) is 4.79 Å². The Morgan fingerprint density at radius 2 is 1.74 bits per heavy atom. The molecule has 2 aromatic rings. The van der Waals surface area contributed by atoms with E-state index in [2.05, 4.69) is 21.2 Å². The molecule has 2 rings (SSSR count). The van der Waals surface area contributed by atoms with Crippen molar-refractivity contribution in [2.24, 2.45) is 0 Å². The minimum absolute atomic E-state index is 0.219. The van der Waals surface area contributed by atoms with Gasteiger partial charge in [-0.1, -0.05) is 42.5 Å². The SMILES string of the molecule is O=C(COc1ccccc1Br)NC(Cc1ccccc1)C(=O)O. The molecule has 0 aliphatic heterocycles. The van der Waals surface area contributed by atoms with Crippen LogP contribution in [0.2, 0.25) is 0 Å². The summed E-state index contributed by atoms with van der Waals surface area (Å²) >= 11 is 3.31. The molecule has 0 saturated carbocycles. The van der Waals surface area contributed by atoms with Crippen LogP contribution in [0.25, 0.3) is 0 Å². The van der Waals surface area contributed by atoms with Crippen LogP contribution in [0.15, 0.2) is 59.1 Å². The van der Waals surface area contributed by atoms with E-state index in [1.165, 1.54) is 0 Å². The largest absolute Gasteiger partial charge is 0.483 e. The number of carbonyl (C=O) groups is 2. The Hall–Kier alpha value is -2.34. The summed E-state index contributed by atoms with van der Waals surface area (Å²) in [5.41, 5.74) is 0.840. The van der Waals surface area contributed by atoms with Gasteiger partial charge in [-0.2, -0.15) is 0 Å². The summed E-state index contributed by atoms with van der Waals surface area (Å²) < 4.78 is 6.11. The van der Waals surface area contributed by atoms with E-state index in [0.29, 0.717) is 5.75 Å². The Morgan fingerprint density at radius 1 is 1.09 bits per heavy atom. The zero-order chi connectivity index (χ0) is 16.7. The maximum absolute atomic E-state index is 11.9. The molecule has 0 aromatic heterocycles. The van der Waals surface area contributed by atoms with Crippen LogP contribution in [0.3, 0.4) is 0 Å². The molecular weight excluding hydrogens is 362 g/mol. The number of hydrogen-bond acceptors (Lipinski definition) is 3. The van der Waals surface area contributed by atoms with Gasteiger partial charge in [-0.3, -0.25) is 4.79 Å². The quantitative estimate of drug-likeness (QED) is 0.777. The first-order valence-electron chi connectivity index (χ1n) is 6.99. The molecule has 1 unspecified atom stereocenters. The van der Waals surface area contributed by atoms with Gasteiger partial charge in [0, 0.05) is 6.42 Å². The van der Waals surface area contributed by atoms with Crippen LogP contribution in [-0.2, 0) is 16.0 Å². The number of aliphatic carboxylic acids is 1. The Kier molecular flexibility index (Phi) is 6.17. The number of amides is 1. The zero-order valence-electron chi connectivity index (χ0n) is 12.2. The molecule has 1 amide bonds. The van der Waals surface area contributed by atoms with Gasteiger partial charge in [0.25, 0.3) is 5.91 Å². The molecule has 0 fully saturated rings. The standard InChI is InChI=1S/C17H16BrNO4/c18-13-8-4-5-9-15(13)23-11-16(20)19-14(17(21)22)10-12-6-2-1-3-7-12/h1-9,14H,10-11H2,(H,19,20)(H,21,22). The number of carboxylic acids is 1.